The third-order valence-corrected chi connectivity index (χ3v) is 6.10. The summed E-state index contributed by atoms with van der Waals surface area (Å²) in [6.07, 6.45) is 7.04. The molecule has 1 aliphatic rings. The zero-order chi connectivity index (χ0) is 23.8. The molecular formula is C27H36N4OS. The number of fused-ring (bicyclic) bond motifs is 1. The molecular weight excluding hydrogens is 428 g/mol. The van der Waals surface area contributed by atoms with E-state index in [0.29, 0.717) is 24.4 Å². The van der Waals surface area contributed by atoms with Crippen LogP contribution in [0.4, 0.5) is 5.69 Å². The predicted octanol–water partition coefficient (Wildman–Crippen LogP) is 5.35. The number of hydrogen-bond acceptors (Lipinski definition) is 5. The number of rotatable bonds is 10. The van der Waals surface area contributed by atoms with Crippen LogP contribution in [0.1, 0.15) is 57.1 Å². The smallest absolute Gasteiger partial charge is 0.250 e. The fourth-order valence-electron chi connectivity index (χ4n) is 4.28. The Morgan fingerprint density at radius 2 is 1.85 bits per heavy atom. The van der Waals surface area contributed by atoms with Crippen molar-refractivity contribution in [3.05, 3.63) is 53.1 Å². The first-order chi connectivity index (χ1) is 16.0. The molecule has 33 heavy (non-hydrogen) atoms. The van der Waals surface area contributed by atoms with E-state index in [0.717, 1.165) is 72.5 Å². The third-order valence-electron chi connectivity index (χ3n) is 5.83. The Morgan fingerprint density at radius 1 is 1.09 bits per heavy atom. The van der Waals surface area contributed by atoms with Crippen LogP contribution in [0.3, 0.4) is 0 Å². The molecule has 0 saturated carbocycles. The lowest BCUT2D eigenvalue weighted by molar-refractivity contribution is -0.127. The number of hydrogen-bond donors (Lipinski definition) is 3. The van der Waals surface area contributed by atoms with Gasteiger partial charge in [-0.05, 0) is 79.6 Å². The number of amides is 1. The summed E-state index contributed by atoms with van der Waals surface area (Å²) in [5.74, 6) is 0.527. The van der Waals surface area contributed by atoms with Crippen molar-refractivity contribution < 1.29 is 4.79 Å². The Kier molecular flexibility index (Phi) is 9.15. The molecule has 0 saturated heterocycles. The number of nitrogens with two attached hydrogens (primary N) is 2. The third kappa shape index (κ3) is 6.49. The van der Waals surface area contributed by atoms with Crippen LogP contribution in [0.2, 0.25) is 0 Å². The molecule has 4 N–H and O–H groups in total. The lowest BCUT2D eigenvalue weighted by Gasteiger charge is -2.23. The van der Waals surface area contributed by atoms with E-state index in [1.807, 2.05) is 23.1 Å². The van der Waals surface area contributed by atoms with Gasteiger partial charge in [0, 0.05) is 35.5 Å². The molecule has 0 bridgehead atoms. The summed E-state index contributed by atoms with van der Waals surface area (Å²) in [6, 6.07) is 12.4. The van der Waals surface area contributed by atoms with Crippen molar-refractivity contribution in [1.82, 2.24) is 4.90 Å². The van der Waals surface area contributed by atoms with E-state index in [1.54, 1.807) is 0 Å². The lowest BCUT2D eigenvalue weighted by Crippen LogP contribution is -2.34. The molecule has 0 radical (unpaired) electrons. The SMILES string of the molecule is CCCN(CCC)C(=O)C1=Cc2c(CCCCN)cc(-c3cccc(S)c3)cc2N=C(N)C1. The topological polar surface area (TPSA) is 84.7 Å². The van der Waals surface area contributed by atoms with Crippen molar-refractivity contribution in [2.24, 2.45) is 16.5 Å². The van der Waals surface area contributed by atoms with E-state index in [-0.39, 0.29) is 5.91 Å². The molecule has 3 rings (SSSR count). The lowest BCUT2D eigenvalue weighted by atomic mass is 9.93. The molecule has 2 aromatic rings. The number of benzene rings is 2. The van der Waals surface area contributed by atoms with Crippen LogP contribution in [0.15, 0.2) is 51.9 Å². The normalized spacial score (nSPS) is 13.1. The number of aryl methyl sites for hydroxylation is 1. The maximum absolute atomic E-state index is 13.4. The van der Waals surface area contributed by atoms with Gasteiger partial charge in [-0.25, -0.2) is 4.99 Å². The average Bonchev–Trinajstić information content (AvgIpc) is 2.96. The van der Waals surface area contributed by atoms with Crippen LogP contribution >= 0.6 is 12.6 Å². The molecule has 6 heteroatoms. The van der Waals surface area contributed by atoms with Gasteiger partial charge in [-0.3, -0.25) is 4.79 Å². The summed E-state index contributed by atoms with van der Waals surface area (Å²) in [4.78, 5) is 21.0. The fraction of sp³-hybridized carbons (Fsp3) is 0.407. The van der Waals surface area contributed by atoms with Crippen LogP contribution in [0.5, 0.6) is 0 Å². The standard InChI is InChI=1S/C27H36N4OS/c1-3-12-31(13-4-2)27(32)22-16-24-20(8-5-6-11-28)14-21(17-25(24)30-26(29)18-22)19-9-7-10-23(33)15-19/h7,9-10,14-17,33H,3-6,8,11-13,18,28H2,1-2H3,(H2,29,30). The molecule has 2 aromatic carbocycles. The Morgan fingerprint density at radius 3 is 2.52 bits per heavy atom. The summed E-state index contributed by atoms with van der Waals surface area (Å²) < 4.78 is 0. The number of carbonyl (C=O) groups excluding carboxylic acids is 1. The Hall–Kier alpha value is -2.57. The maximum atomic E-state index is 13.4. The minimum Gasteiger partial charge on any atom is -0.387 e. The first kappa shape index (κ1) is 25.1. The van der Waals surface area contributed by atoms with E-state index in [4.69, 9.17) is 16.5 Å². The van der Waals surface area contributed by atoms with Crippen molar-refractivity contribution in [1.29, 1.82) is 0 Å². The predicted molar refractivity (Wildman–Crippen MR) is 142 cm³/mol. The van der Waals surface area contributed by atoms with Gasteiger partial charge in [0.1, 0.15) is 5.84 Å². The summed E-state index contributed by atoms with van der Waals surface area (Å²) in [6.45, 7) is 6.35. The highest BCUT2D eigenvalue weighted by molar-refractivity contribution is 7.80. The zero-order valence-corrected chi connectivity index (χ0v) is 20.7. The zero-order valence-electron chi connectivity index (χ0n) is 19.8. The monoisotopic (exact) mass is 464 g/mol. The molecule has 0 unspecified atom stereocenters. The number of thiol groups is 1. The second-order valence-electron chi connectivity index (χ2n) is 8.61. The largest absolute Gasteiger partial charge is 0.387 e. The van der Waals surface area contributed by atoms with Gasteiger partial charge < -0.3 is 16.4 Å². The number of aliphatic imine (C=N–C) groups is 1. The summed E-state index contributed by atoms with van der Waals surface area (Å²) in [7, 11) is 0. The molecule has 0 aromatic heterocycles. The Bertz CT molecular complexity index is 1040. The van der Waals surface area contributed by atoms with Gasteiger partial charge in [0.15, 0.2) is 0 Å². The van der Waals surface area contributed by atoms with Gasteiger partial charge in [-0.1, -0.05) is 32.0 Å². The fourth-order valence-corrected chi connectivity index (χ4v) is 4.51. The molecule has 1 aliphatic heterocycles. The van der Waals surface area contributed by atoms with Gasteiger partial charge in [0.05, 0.1) is 5.69 Å². The number of nitrogens with zero attached hydrogens (tertiary/aromatic N) is 2. The number of carbonyl (C=O) groups is 1. The van der Waals surface area contributed by atoms with E-state index in [1.165, 1.54) is 5.56 Å². The second-order valence-corrected chi connectivity index (χ2v) is 9.12. The minimum absolute atomic E-state index is 0.0597. The molecule has 1 amide bonds. The van der Waals surface area contributed by atoms with Crippen molar-refractivity contribution in [3.63, 3.8) is 0 Å². The summed E-state index contributed by atoms with van der Waals surface area (Å²) in [5, 5.41) is 0. The molecule has 5 nitrogen and oxygen atoms in total. The second kappa shape index (κ2) is 12.1. The van der Waals surface area contributed by atoms with Gasteiger partial charge in [0.25, 0.3) is 0 Å². The van der Waals surface area contributed by atoms with Crippen LogP contribution in [-0.2, 0) is 11.2 Å². The minimum atomic E-state index is 0.0597. The van der Waals surface area contributed by atoms with Crippen LogP contribution in [-0.4, -0.2) is 36.3 Å². The van der Waals surface area contributed by atoms with Crippen molar-refractivity contribution in [2.75, 3.05) is 19.6 Å². The van der Waals surface area contributed by atoms with Gasteiger partial charge in [-0.15, -0.1) is 12.6 Å². The van der Waals surface area contributed by atoms with E-state index in [9.17, 15) is 4.79 Å². The number of unbranched alkanes of at least 4 members (excludes halogenated alkanes) is 1. The molecule has 0 atom stereocenters. The molecule has 0 spiro atoms. The van der Waals surface area contributed by atoms with Crippen molar-refractivity contribution >= 4 is 36.1 Å². The molecule has 0 aliphatic carbocycles. The molecule has 176 valence electrons. The Labute approximate surface area is 203 Å². The highest BCUT2D eigenvalue weighted by atomic mass is 32.1. The van der Waals surface area contributed by atoms with E-state index >= 15 is 0 Å². The van der Waals surface area contributed by atoms with Gasteiger partial charge in [-0.2, -0.15) is 0 Å². The van der Waals surface area contributed by atoms with Crippen molar-refractivity contribution in [3.8, 4) is 11.1 Å². The van der Waals surface area contributed by atoms with Gasteiger partial charge >= 0.3 is 0 Å². The first-order valence-corrected chi connectivity index (χ1v) is 12.4. The highest BCUT2D eigenvalue weighted by Crippen LogP contribution is 2.36. The van der Waals surface area contributed by atoms with Crippen LogP contribution in [0, 0.1) is 0 Å². The average molecular weight is 465 g/mol. The molecule has 1 heterocycles. The first-order valence-electron chi connectivity index (χ1n) is 12.0. The van der Waals surface area contributed by atoms with Crippen LogP contribution in [0.25, 0.3) is 17.2 Å². The van der Waals surface area contributed by atoms with Gasteiger partial charge in [0.2, 0.25) is 5.91 Å². The van der Waals surface area contributed by atoms with E-state index < -0.39 is 0 Å². The summed E-state index contributed by atoms with van der Waals surface area (Å²) >= 11 is 4.50. The quantitative estimate of drug-likeness (QED) is 0.327. The van der Waals surface area contributed by atoms with Crippen LogP contribution < -0.4 is 11.5 Å². The Balaban J connectivity index is 2.11. The number of amidine groups is 1. The maximum Gasteiger partial charge on any atom is 0.250 e. The van der Waals surface area contributed by atoms with Crippen molar-refractivity contribution in [2.45, 2.75) is 57.3 Å². The van der Waals surface area contributed by atoms with E-state index in [2.05, 4.69) is 50.7 Å². The summed E-state index contributed by atoms with van der Waals surface area (Å²) in [5.41, 5.74) is 17.9. The highest BCUT2D eigenvalue weighted by Gasteiger charge is 2.22. The molecule has 0 fully saturated rings.